The van der Waals surface area contributed by atoms with Gasteiger partial charge < -0.3 is 9.47 Å². The Bertz CT molecular complexity index is 1530. The van der Waals surface area contributed by atoms with Gasteiger partial charge in [-0.1, -0.05) is 59.9 Å². The van der Waals surface area contributed by atoms with E-state index in [2.05, 4.69) is 11.6 Å². The molecule has 2 aromatic carbocycles. The first-order chi connectivity index (χ1) is 16.8. The summed E-state index contributed by atoms with van der Waals surface area (Å²) in [5.74, 6) is -0.688. The van der Waals surface area contributed by atoms with Crippen LogP contribution in [0.4, 0.5) is 0 Å². The second kappa shape index (κ2) is 10.2. The van der Waals surface area contributed by atoms with Crippen LogP contribution in [0.1, 0.15) is 31.0 Å². The Balaban J connectivity index is 1.90. The zero-order valence-corrected chi connectivity index (χ0v) is 20.6. The van der Waals surface area contributed by atoms with E-state index in [4.69, 9.17) is 21.1 Å². The van der Waals surface area contributed by atoms with Crippen LogP contribution in [0, 0.1) is 0 Å². The number of fused-ring (bicyclic) bond motifs is 1. The van der Waals surface area contributed by atoms with Crippen molar-refractivity contribution in [2.24, 2.45) is 4.99 Å². The summed E-state index contributed by atoms with van der Waals surface area (Å²) in [4.78, 5) is 42.9. The summed E-state index contributed by atoms with van der Waals surface area (Å²) in [7, 11) is 0. The van der Waals surface area contributed by atoms with Crippen molar-refractivity contribution in [1.82, 2.24) is 4.57 Å². The number of rotatable bonds is 6. The van der Waals surface area contributed by atoms with Crippen LogP contribution in [0.5, 0.6) is 5.75 Å². The molecule has 1 aliphatic heterocycles. The molecule has 35 heavy (non-hydrogen) atoms. The number of thiazole rings is 1. The first kappa shape index (κ1) is 24.4. The lowest BCUT2D eigenvalue weighted by atomic mass is 9.96. The van der Waals surface area contributed by atoms with Crippen molar-refractivity contribution in [3.05, 3.63) is 108 Å². The number of hydrogen-bond acceptors (Lipinski definition) is 7. The molecule has 1 aromatic heterocycles. The van der Waals surface area contributed by atoms with Crippen LogP contribution in [0.25, 0.3) is 6.08 Å². The molecule has 0 fully saturated rings. The third kappa shape index (κ3) is 5.18. The summed E-state index contributed by atoms with van der Waals surface area (Å²) >= 11 is 7.32. The van der Waals surface area contributed by atoms with Crippen molar-refractivity contribution in [3.63, 3.8) is 0 Å². The van der Waals surface area contributed by atoms with E-state index in [1.54, 1.807) is 55.5 Å². The molecule has 0 radical (unpaired) electrons. The molecule has 0 saturated heterocycles. The van der Waals surface area contributed by atoms with E-state index in [1.165, 1.54) is 28.9 Å². The summed E-state index contributed by atoms with van der Waals surface area (Å²) in [5.41, 5.74) is 1.80. The molecule has 0 bridgehead atoms. The van der Waals surface area contributed by atoms with E-state index in [0.717, 1.165) is 5.56 Å². The third-order valence-corrected chi connectivity index (χ3v) is 6.40. The first-order valence-electron chi connectivity index (χ1n) is 10.6. The van der Waals surface area contributed by atoms with Crippen LogP contribution in [0.15, 0.2) is 82.2 Å². The molecule has 0 aliphatic carbocycles. The van der Waals surface area contributed by atoms with Crippen molar-refractivity contribution in [2.75, 3.05) is 6.61 Å². The summed E-state index contributed by atoms with van der Waals surface area (Å²) < 4.78 is 12.4. The molecule has 7 nitrogen and oxygen atoms in total. The zero-order chi connectivity index (χ0) is 25.1. The van der Waals surface area contributed by atoms with Gasteiger partial charge in [0.05, 0.1) is 21.8 Å². The highest BCUT2D eigenvalue weighted by molar-refractivity contribution is 7.07. The number of hydrogen-bond donors (Lipinski definition) is 0. The SMILES string of the molecule is C=CCOC(=O)C1=C(C)N=c2s/c(=C\c3cccc(Cl)c3)c(=O)n2C1c1ccc(OC(C)=O)cc1. The molecule has 0 amide bonds. The quantitative estimate of drug-likeness (QED) is 0.289. The third-order valence-electron chi connectivity index (χ3n) is 5.18. The Labute approximate surface area is 209 Å². The first-order valence-corrected chi connectivity index (χ1v) is 11.8. The van der Waals surface area contributed by atoms with Crippen molar-refractivity contribution >= 4 is 41.0 Å². The Morgan fingerprint density at radius 1 is 1.23 bits per heavy atom. The fraction of sp³-hybridized carbons (Fsp3) is 0.154. The van der Waals surface area contributed by atoms with E-state index in [0.29, 0.717) is 31.4 Å². The minimum Gasteiger partial charge on any atom is -0.458 e. The van der Waals surface area contributed by atoms with Crippen LogP contribution in [-0.4, -0.2) is 23.1 Å². The number of aromatic nitrogens is 1. The monoisotopic (exact) mass is 508 g/mol. The highest BCUT2D eigenvalue weighted by atomic mass is 35.5. The molecule has 1 atom stereocenters. The molecule has 3 aromatic rings. The molecule has 1 unspecified atom stereocenters. The van der Waals surface area contributed by atoms with Crippen LogP contribution in [0.2, 0.25) is 5.02 Å². The van der Waals surface area contributed by atoms with Gasteiger partial charge in [0.2, 0.25) is 0 Å². The van der Waals surface area contributed by atoms with E-state index < -0.39 is 18.0 Å². The van der Waals surface area contributed by atoms with E-state index in [9.17, 15) is 14.4 Å². The van der Waals surface area contributed by atoms with Crippen LogP contribution >= 0.6 is 22.9 Å². The largest absolute Gasteiger partial charge is 0.458 e. The summed E-state index contributed by atoms with van der Waals surface area (Å²) in [6, 6.07) is 13.0. The Morgan fingerprint density at radius 2 is 1.97 bits per heavy atom. The molecule has 2 heterocycles. The Hall–Kier alpha value is -3.75. The fourth-order valence-electron chi connectivity index (χ4n) is 3.74. The van der Waals surface area contributed by atoms with E-state index >= 15 is 0 Å². The predicted molar refractivity (Wildman–Crippen MR) is 134 cm³/mol. The maximum Gasteiger partial charge on any atom is 0.338 e. The molecule has 9 heteroatoms. The highest BCUT2D eigenvalue weighted by Crippen LogP contribution is 2.31. The normalized spacial score (nSPS) is 15.3. The summed E-state index contributed by atoms with van der Waals surface area (Å²) in [6.07, 6.45) is 3.21. The van der Waals surface area contributed by atoms with Gasteiger partial charge >= 0.3 is 11.9 Å². The van der Waals surface area contributed by atoms with Crippen molar-refractivity contribution in [2.45, 2.75) is 19.9 Å². The molecular formula is C26H21ClN2O5S. The minimum atomic E-state index is -0.781. The van der Waals surface area contributed by atoms with E-state index in [-0.39, 0.29) is 17.7 Å². The number of nitrogens with zero attached hydrogens (tertiary/aromatic N) is 2. The van der Waals surface area contributed by atoms with Gasteiger partial charge in [0.15, 0.2) is 4.80 Å². The van der Waals surface area contributed by atoms with Crippen molar-refractivity contribution in [1.29, 1.82) is 0 Å². The average molecular weight is 509 g/mol. The van der Waals surface area contributed by atoms with Gasteiger partial charge in [0.1, 0.15) is 12.4 Å². The lowest BCUT2D eigenvalue weighted by Gasteiger charge is -2.24. The number of carbonyl (C=O) groups is 2. The van der Waals surface area contributed by atoms with Gasteiger partial charge in [0.25, 0.3) is 5.56 Å². The molecule has 178 valence electrons. The number of allylic oxidation sites excluding steroid dienone is 1. The maximum atomic E-state index is 13.6. The number of halogens is 1. The van der Waals surface area contributed by atoms with Gasteiger partial charge in [-0.3, -0.25) is 14.2 Å². The molecule has 4 rings (SSSR count). The number of ether oxygens (including phenoxy) is 2. The minimum absolute atomic E-state index is 0.0207. The van der Waals surface area contributed by atoms with Gasteiger partial charge in [-0.25, -0.2) is 9.79 Å². The number of benzene rings is 2. The average Bonchev–Trinajstić information content (AvgIpc) is 3.11. The van der Waals surface area contributed by atoms with Crippen LogP contribution < -0.4 is 19.6 Å². The maximum absolute atomic E-state index is 13.6. The highest BCUT2D eigenvalue weighted by Gasteiger charge is 2.33. The summed E-state index contributed by atoms with van der Waals surface area (Å²) in [5, 5.41) is 0.556. The standard InChI is InChI=1S/C26H21ClN2O5S/c1-4-12-33-25(32)22-15(2)28-26-29(23(22)18-8-10-20(11-9-18)34-16(3)30)24(31)21(35-26)14-17-6-5-7-19(27)13-17/h4-11,13-14,23H,1,12H2,2-3H3/b21-14-. The Kier molecular flexibility index (Phi) is 7.14. The van der Waals surface area contributed by atoms with Crippen molar-refractivity contribution in [3.8, 4) is 5.75 Å². The molecule has 1 aliphatic rings. The fourth-order valence-corrected chi connectivity index (χ4v) is 4.99. The second-order valence-electron chi connectivity index (χ2n) is 7.69. The molecule has 0 N–H and O–H groups in total. The van der Waals surface area contributed by atoms with Gasteiger partial charge in [-0.15, -0.1) is 0 Å². The Morgan fingerprint density at radius 3 is 2.63 bits per heavy atom. The molecular weight excluding hydrogens is 488 g/mol. The lowest BCUT2D eigenvalue weighted by Crippen LogP contribution is -2.39. The smallest absolute Gasteiger partial charge is 0.338 e. The van der Waals surface area contributed by atoms with Gasteiger partial charge in [0, 0.05) is 11.9 Å². The summed E-state index contributed by atoms with van der Waals surface area (Å²) in [6.45, 7) is 6.62. The predicted octanol–water partition coefficient (Wildman–Crippen LogP) is 3.54. The number of esters is 2. The van der Waals surface area contributed by atoms with E-state index in [1.807, 2.05) is 6.07 Å². The number of carbonyl (C=O) groups excluding carboxylic acids is 2. The molecule has 0 saturated carbocycles. The van der Waals surface area contributed by atoms with Gasteiger partial charge in [-0.2, -0.15) is 0 Å². The van der Waals surface area contributed by atoms with Crippen molar-refractivity contribution < 1.29 is 19.1 Å². The topological polar surface area (TPSA) is 87.0 Å². The van der Waals surface area contributed by atoms with Crippen LogP contribution in [-0.2, 0) is 14.3 Å². The second-order valence-corrected chi connectivity index (χ2v) is 9.13. The van der Waals surface area contributed by atoms with Gasteiger partial charge in [-0.05, 0) is 48.4 Å². The lowest BCUT2D eigenvalue weighted by molar-refractivity contribution is -0.138. The molecule has 0 spiro atoms. The van der Waals surface area contributed by atoms with Crippen LogP contribution in [0.3, 0.4) is 0 Å². The zero-order valence-electron chi connectivity index (χ0n) is 19.0.